The summed E-state index contributed by atoms with van der Waals surface area (Å²) in [6.45, 7) is 6.71. The number of carbonyl (C=O) groups is 1. The van der Waals surface area contributed by atoms with E-state index in [1.54, 1.807) is 28.9 Å². The average Bonchev–Trinajstić information content (AvgIpc) is 3.33. The number of amides is 1. The number of nitrogens with zero attached hydrogens (tertiary/aromatic N) is 2. The molecule has 8 nitrogen and oxygen atoms in total. The molecule has 0 fully saturated rings. The number of halogens is 1. The van der Waals surface area contributed by atoms with E-state index in [0.717, 1.165) is 0 Å². The zero-order valence-electron chi connectivity index (χ0n) is 19.2. The van der Waals surface area contributed by atoms with Gasteiger partial charge in [-0.2, -0.15) is 5.10 Å². The molecule has 180 valence electrons. The van der Waals surface area contributed by atoms with Crippen molar-refractivity contribution in [3.63, 3.8) is 0 Å². The Labute approximate surface area is 199 Å². The molecule has 0 aliphatic carbocycles. The molecule has 1 N–H and O–H groups in total. The van der Waals surface area contributed by atoms with Gasteiger partial charge in [0.1, 0.15) is 11.6 Å². The van der Waals surface area contributed by atoms with Crippen LogP contribution in [0.4, 0.5) is 10.2 Å². The first-order valence-corrected chi connectivity index (χ1v) is 12.5. The number of nitrogens with one attached hydrogen (secondary N) is 1. The quantitative estimate of drug-likeness (QED) is 0.486. The first kappa shape index (κ1) is 23.7. The van der Waals surface area contributed by atoms with E-state index in [4.69, 9.17) is 14.2 Å². The summed E-state index contributed by atoms with van der Waals surface area (Å²) in [5, 5.41) is 7.45. The SMILES string of the molecule is CCOc1cc(C(=O)Nc2c3c(nn2-c2ccc(F)cc2)C[S@](=O)C3)cc(OCC)c1OCC. The van der Waals surface area contributed by atoms with Gasteiger partial charge in [-0.05, 0) is 57.2 Å². The lowest BCUT2D eigenvalue weighted by Crippen LogP contribution is -2.17. The topological polar surface area (TPSA) is 91.7 Å². The van der Waals surface area contributed by atoms with Gasteiger partial charge in [-0.3, -0.25) is 9.00 Å². The van der Waals surface area contributed by atoms with Crippen molar-refractivity contribution in [1.82, 2.24) is 9.78 Å². The number of aromatic nitrogens is 2. The summed E-state index contributed by atoms with van der Waals surface area (Å²) in [7, 11) is -1.09. The molecule has 1 atom stereocenters. The lowest BCUT2D eigenvalue weighted by atomic mass is 10.1. The number of anilines is 1. The highest BCUT2D eigenvalue weighted by Crippen LogP contribution is 2.40. The standard InChI is InChI=1S/C24H26FN3O5S/c1-4-31-20-11-15(12-21(32-5-2)22(20)33-6-3)24(29)26-23-18-13-34(30)14-19(18)27-28(23)17-9-7-16(25)8-10-17/h7-12H,4-6,13-14H2,1-3H3,(H,26,29)/t34-/m1/s1. The minimum absolute atomic E-state index is 0.282. The number of benzene rings is 2. The van der Waals surface area contributed by atoms with Crippen molar-refractivity contribution >= 4 is 22.5 Å². The van der Waals surface area contributed by atoms with Gasteiger partial charge in [0.25, 0.3) is 5.91 Å². The Morgan fingerprint density at radius 2 is 1.65 bits per heavy atom. The maximum Gasteiger partial charge on any atom is 0.257 e. The second-order valence-corrected chi connectivity index (χ2v) is 8.90. The van der Waals surface area contributed by atoms with Crippen molar-refractivity contribution in [2.24, 2.45) is 0 Å². The number of hydrogen-bond acceptors (Lipinski definition) is 6. The van der Waals surface area contributed by atoms with Gasteiger partial charge in [-0.15, -0.1) is 0 Å². The molecule has 1 aromatic heterocycles. The summed E-state index contributed by atoms with van der Waals surface area (Å²) >= 11 is 0. The van der Waals surface area contributed by atoms with E-state index in [2.05, 4.69) is 10.4 Å². The predicted molar refractivity (Wildman–Crippen MR) is 127 cm³/mol. The van der Waals surface area contributed by atoms with Crippen LogP contribution in [0.1, 0.15) is 42.4 Å². The number of carbonyl (C=O) groups excluding carboxylic acids is 1. The van der Waals surface area contributed by atoms with E-state index in [1.165, 1.54) is 12.1 Å². The molecule has 4 rings (SSSR count). The van der Waals surface area contributed by atoms with Crippen LogP contribution in [0.15, 0.2) is 36.4 Å². The number of hydrogen-bond donors (Lipinski definition) is 1. The maximum atomic E-state index is 13.5. The highest BCUT2D eigenvalue weighted by Gasteiger charge is 2.29. The summed E-state index contributed by atoms with van der Waals surface area (Å²) in [4.78, 5) is 13.4. The largest absolute Gasteiger partial charge is 0.490 e. The maximum absolute atomic E-state index is 13.5. The minimum atomic E-state index is -1.09. The average molecular weight is 488 g/mol. The summed E-state index contributed by atoms with van der Waals surface area (Å²) in [6.07, 6.45) is 0. The van der Waals surface area contributed by atoms with E-state index in [9.17, 15) is 13.4 Å². The summed E-state index contributed by atoms with van der Waals surface area (Å²) < 4.78 is 44.3. The third-order valence-electron chi connectivity index (χ3n) is 5.14. The van der Waals surface area contributed by atoms with Gasteiger partial charge in [0.05, 0.1) is 42.7 Å². The third kappa shape index (κ3) is 4.77. The molecule has 1 amide bonds. The molecule has 10 heteroatoms. The highest BCUT2D eigenvalue weighted by atomic mass is 32.2. The molecular weight excluding hydrogens is 461 g/mol. The van der Waals surface area contributed by atoms with Gasteiger partial charge in [0.15, 0.2) is 11.5 Å². The molecule has 0 unspecified atom stereocenters. The predicted octanol–water partition coefficient (Wildman–Crippen LogP) is 4.22. The lowest BCUT2D eigenvalue weighted by molar-refractivity contribution is 0.102. The zero-order valence-corrected chi connectivity index (χ0v) is 20.0. The molecule has 3 aromatic rings. The van der Waals surface area contributed by atoms with Crippen molar-refractivity contribution in [3.05, 3.63) is 59.0 Å². The van der Waals surface area contributed by atoms with Crippen LogP contribution in [0.3, 0.4) is 0 Å². The van der Waals surface area contributed by atoms with Crippen LogP contribution in [-0.4, -0.2) is 39.7 Å². The summed E-state index contributed by atoms with van der Waals surface area (Å²) in [5.74, 6) is 1.43. The Morgan fingerprint density at radius 1 is 1.03 bits per heavy atom. The van der Waals surface area contributed by atoms with Crippen molar-refractivity contribution in [1.29, 1.82) is 0 Å². The molecule has 2 aromatic carbocycles. The van der Waals surface area contributed by atoms with E-state index < -0.39 is 16.7 Å². The van der Waals surface area contributed by atoms with Crippen LogP contribution in [0.2, 0.25) is 0 Å². The van der Waals surface area contributed by atoms with Crippen LogP contribution in [-0.2, 0) is 22.3 Å². The Hall–Kier alpha value is -3.40. The van der Waals surface area contributed by atoms with E-state index >= 15 is 0 Å². The van der Waals surface area contributed by atoms with Crippen LogP contribution >= 0.6 is 0 Å². The molecule has 0 bridgehead atoms. The number of ether oxygens (including phenoxy) is 3. The second kappa shape index (κ2) is 10.3. The number of rotatable bonds is 9. The van der Waals surface area contributed by atoms with Gasteiger partial charge < -0.3 is 19.5 Å². The smallest absolute Gasteiger partial charge is 0.257 e. The van der Waals surface area contributed by atoms with Crippen molar-refractivity contribution < 1.29 is 27.6 Å². The fourth-order valence-corrected chi connectivity index (χ4v) is 4.99. The minimum Gasteiger partial charge on any atom is -0.490 e. The Bertz CT molecular complexity index is 1200. The summed E-state index contributed by atoms with van der Waals surface area (Å²) in [6, 6.07) is 8.98. The Kier molecular flexibility index (Phi) is 7.16. The number of fused-ring (bicyclic) bond motifs is 1. The van der Waals surface area contributed by atoms with Crippen LogP contribution in [0, 0.1) is 5.82 Å². The first-order valence-electron chi connectivity index (χ1n) is 11.0. The normalized spacial score (nSPS) is 14.5. The third-order valence-corrected chi connectivity index (χ3v) is 6.35. The Balaban J connectivity index is 1.74. The van der Waals surface area contributed by atoms with Crippen LogP contribution in [0.5, 0.6) is 17.2 Å². The molecule has 0 saturated carbocycles. The molecule has 0 spiro atoms. The van der Waals surface area contributed by atoms with Gasteiger partial charge in [0, 0.05) is 21.9 Å². The molecule has 0 saturated heterocycles. The molecule has 34 heavy (non-hydrogen) atoms. The van der Waals surface area contributed by atoms with Crippen LogP contribution < -0.4 is 19.5 Å². The van der Waals surface area contributed by atoms with Crippen LogP contribution in [0.25, 0.3) is 5.69 Å². The van der Waals surface area contributed by atoms with Gasteiger partial charge in [-0.25, -0.2) is 9.07 Å². The monoisotopic (exact) mass is 487 g/mol. The van der Waals surface area contributed by atoms with Crippen molar-refractivity contribution in [2.45, 2.75) is 32.3 Å². The second-order valence-electron chi connectivity index (χ2n) is 7.45. The van der Waals surface area contributed by atoms with Gasteiger partial charge >= 0.3 is 0 Å². The van der Waals surface area contributed by atoms with Gasteiger partial charge in [-0.1, -0.05) is 0 Å². The fraction of sp³-hybridized carbons (Fsp3) is 0.333. The molecule has 1 aliphatic rings. The van der Waals surface area contributed by atoms with Crippen molar-refractivity contribution in [3.8, 4) is 22.9 Å². The van der Waals surface area contributed by atoms with Crippen molar-refractivity contribution in [2.75, 3.05) is 25.1 Å². The first-order chi connectivity index (χ1) is 16.4. The van der Waals surface area contributed by atoms with E-state index in [0.29, 0.717) is 71.1 Å². The molecule has 0 radical (unpaired) electrons. The Morgan fingerprint density at radius 3 is 2.24 bits per heavy atom. The summed E-state index contributed by atoms with van der Waals surface area (Å²) in [5.41, 5.74) is 2.23. The fourth-order valence-electron chi connectivity index (χ4n) is 3.72. The molecular formula is C24H26FN3O5S. The lowest BCUT2D eigenvalue weighted by Gasteiger charge is -2.17. The van der Waals surface area contributed by atoms with Gasteiger partial charge in [0.2, 0.25) is 5.75 Å². The molecule has 1 aliphatic heterocycles. The van der Waals surface area contributed by atoms with E-state index in [1.807, 2.05) is 20.8 Å². The molecule has 2 heterocycles. The zero-order chi connectivity index (χ0) is 24.2. The highest BCUT2D eigenvalue weighted by molar-refractivity contribution is 7.83. The van der Waals surface area contributed by atoms with E-state index in [-0.39, 0.29) is 11.6 Å².